The van der Waals surface area contributed by atoms with E-state index >= 15 is 0 Å². The number of hydrogen-bond donors (Lipinski definition) is 0. The third-order valence-corrected chi connectivity index (χ3v) is 17.3. The Morgan fingerprint density at radius 3 is 0.904 bits per heavy atom. The Hall–Kier alpha value is -7.50. The molecule has 0 unspecified atom stereocenters. The molecule has 0 saturated carbocycles. The van der Waals surface area contributed by atoms with Gasteiger partial charge in [-0.15, -0.1) is 0 Å². The Morgan fingerprint density at radius 1 is 0.287 bits per heavy atom. The Kier molecular flexibility index (Phi) is 37.8. The second-order valence-electron chi connectivity index (χ2n) is 27.0. The molecule has 0 saturated heterocycles. The maximum atomic E-state index is 12.6. The Morgan fingerprint density at radius 2 is 0.628 bits per heavy atom. The molecule has 6 heteroatoms. The van der Waals surface area contributed by atoms with Crippen LogP contribution in [0.15, 0.2) is 182 Å². The third-order valence-electron chi connectivity index (χ3n) is 16.6. The largest absolute Gasteiger partial charge is 0.264 e. The SMILES string of the molecule is Cc1cc(Cl)c(Cl)cc1C.Cc1ccc(C(C)(C)C)cc1C.Cc1ccc(C(C)(C)C)cc1C.Cc1ccc(C)c(C)c1.Cc1ccc(C)c(C)c1.Cc1ccc(F)cc1C.Cc1cccc(F)c1C.Cc1ccccc1C.Cc1cccnc1C.Cc1ccncc1C. The molecule has 0 aliphatic rings. The van der Waals surface area contributed by atoms with Gasteiger partial charge in [-0.3, -0.25) is 9.97 Å². The minimum Gasteiger partial charge on any atom is -0.264 e. The van der Waals surface area contributed by atoms with Crippen molar-refractivity contribution in [2.45, 2.75) is 205 Å². The zero-order valence-electron chi connectivity index (χ0n) is 62.7. The summed E-state index contributed by atoms with van der Waals surface area (Å²) in [6.45, 7) is 58.9. The number of benzene rings is 8. The first-order valence-electron chi connectivity index (χ1n) is 32.5. The molecule has 2 nitrogen and oxygen atoms in total. The van der Waals surface area contributed by atoms with E-state index in [1.807, 2.05) is 90.5 Å². The highest BCUT2D eigenvalue weighted by Gasteiger charge is 2.14. The summed E-state index contributed by atoms with van der Waals surface area (Å²) in [5.41, 5.74) is 31.1. The monoisotopic (exact) mass is 1310 g/mol. The second-order valence-corrected chi connectivity index (χ2v) is 27.8. The van der Waals surface area contributed by atoms with Gasteiger partial charge in [0.25, 0.3) is 0 Å². The van der Waals surface area contributed by atoms with Crippen LogP contribution in [0.4, 0.5) is 8.78 Å². The molecular weight excluding hydrogens is 1190 g/mol. The van der Waals surface area contributed by atoms with Crippen molar-refractivity contribution in [3.8, 4) is 0 Å². The molecule has 0 fully saturated rings. The number of hydrogen-bond acceptors (Lipinski definition) is 2. The smallest absolute Gasteiger partial charge is 0.126 e. The first-order chi connectivity index (χ1) is 43.7. The van der Waals surface area contributed by atoms with Crippen molar-refractivity contribution < 1.29 is 8.78 Å². The standard InChI is InChI=1S/2C12H18.2C9H12.C8H8Cl2.2C8H9F.C8H10.2C7H9N/c2*1-9-6-7-11(8-10(9)2)12(3,4)5;2*1-7-4-5-8(2)9(3)6-7;1-5-3-7(9)8(10)4-6(5)2;1-6-3-4-8(9)5-7(6)2;1-6-4-3-5-8(9)7(6)2;1-7-5-3-4-6-8(7)2;1-6-3-4-8-5-7(6)2;1-6-4-3-5-8-7(6)2/h2*6-8H,1-5H3;2*4-6H,1-3H3;3-4H,1-2H3;2*3-5H,1-2H3;3-6H,1-2H3;2*3-5H,1-2H3. The first-order valence-corrected chi connectivity index (χ1v) is 33.3. The summed E-state index contributed by atoms with van der Waals surface area (Å²) in [5, 5.41) is 1.26. The minimum atomic E-state index is -0.155. The van der Waals surface area contributed by atoms with Crippen molar-refractivity contribution in [1.82, 2.24) is 9.97 Å². The zero-order chi connectivity index (χ0) is 71.8. The first kappa shape index (κ1) is 84.5. The number of nitrogens with zero attached hydrogens (tertiary/aromatic N) is 2. The number of halogens is 4. The van der Waals surface area contributed by atoms with Gasteiger partial charge < -0.3 is 0 Å². The molecule has 0 aliphatic heterocycles. The molecule has 0 bridgehead atoms. The molecular formula is C88H114Cl2F2N2. The summed E-state index contributed by atoms with van der Waals surface area (Å²) < 4.78 is 24.9. The van der Waals surface area contributed by atoms with Gasteiger partial charge in [0.2, 0.25) is 0 Å². The van der Waals surface area contributed by atoms with Gasteiger partial charge in [0, 0.05) is 24.3 Å². The normalized spacial score (nSPS) is 10.1. The Labute approximate surface area is 580 Å². The molecule has 10 rings (SSSR count). The Bertz CT molecular complexity index is 3480. The van der Waals surface area contributed by atoms with Crippen LogP contribution in [0.25, 0.3) is 0 Å². The van der Waals surface area contributed by atoms with Crippen LogP contribution >= 0.6 is 23.2 Å². The van der Waals surface area contributed by atoms with Gasteiger partial charge >= 0.3 is 0 Å². The van der Waals surface area contributed by atoms with Gasteiger partial charge in [0.05, 0.1) is 10.0 Å². The van der Waals surface area contributed by atoms with E-state index in [2.05, 4.69) is 258 Å². The Balaban J connectivity index is 0.000000524. The summed E-state index contributed by atoms with van der Waals surface area (Å²) >= 11 is 11.5. The van der Waals surface area contributed by atoms with Gasteiger partial charge in [-0.25, -0.2) is 8.78 Å². The average molecular weight is 1310 g/mol. The van der Waals surface area contributed by atoms with Crippen LogP contribution in [-0.4, -0.2) is 9.97 Å². The highest BCUT2D eigenvalue weighted by Crippen LogP contribution is 2.27. The van der Waals surface area contributed by atoms with Gasteiger partial charge in [-0.2, -0.15) is 0 Å². The molecule has 0 atom stereocenters. The summed E-state index contributed by atoms with van der Waals surface area (Å²) in [5.74, 6) is -0.270. The van der Waals surface area contributed by atoms with Crippen LogP contribution in [0.1, 0.15) is 175 Å². The third kappa shape index (κ3) is 33.6. The van der Waals surface area contributed by atoms with Crippen LogP contribution in [0, 0.1) is 164 Å². The van der Waals surface area contributed by atoms with Gasteiger partial charge in [-0.1, -0.05) is 197 Å². The second kappa shape index (κ2) is 42.0. The van der Waals surface area contributed by atoms with E-state index in [1.165, 1.54) is 124 Å². The number of rotatable bonds is 0. The average Bonchev–Trinajstić information content (AvgIpc) is 0.895. The van der Waals surface area contributed by atoms with Crippen molar-refractivity contribution in [3.05, 3.63) is 338 Å². The molecule has 0 spiro atoms. The molecule has 2 heterocycles. The number of pyridine rings is 2. The summed E-state index contributed by atoms with van der Waals surface area (Å²) in [7, 11) is 0. The van der Waals surface area contributed by atoms with Gasteiger partial charge in [-0.05, 0) is 322 Å². The maximum Gasteiger partial charge on any atom is 0.126 e. The van der Waals surface area contributed by atoms with Crippen LogP contribution in [0.5, 0.6) is 0 Å². The lowest BCUT2D eigenvalue weighted by Crippen LogP contribution is -2.11. The van der Waals surface area contributed by atoms with Gasteiger partial charge in [0.15, 0.2) is 0 Å². The molecule has 8 aromatic carbocycles. The molecule has 0 amide bonds. The summed E-state index contributed by atoms with van der Waals surface area (Å²) in [6.07, 6.45) is 5.49. The number of aryl methyl sites for hydroxylation is 21. The highest BCUT2D eigenvalue weighted by atomic mass is 35.5. The predicted octanol–water partition coefficient (Wildman–Crippen LogP) is 26.6. The quantitative estimate of drug-likeness (QED) is 0.151. The van der Waals surface area contributed by atoms with Crippen LogP contribution in [0.2, 0.25) is 10.0 Å². The molecule has 504 valence electrons. The predicted molar refractivity (Wildman–Crippen MR) is 412 cm³/mol. The van der Waals surface area contributed by atoms with Crippen LogP contribution in [-0.2, 0) is 10.8 Å². The van der Waals surface area contributed by atoms with Crippen molar-refractivity contribution in [3.63, 3.8) is 0 Å². The van der Waals surface area contributed by atoms with E-state index in [0.717, 1.165) is 27.9 Å². The lowest BCUT2D eigenvalue weighted by atomic mass is 9.85. The molecule has 94 heavy (non-hydrogen) atoms. The fraction of sp³-hybridized carbons (Fsp3) is 0.341. The minimum absolute atomic E-state index is 0.116. The van der Waals surface area contributed by atoms with Crippen LogP contribution in [0.3, 0.4) is 0 Å². The summed E-state index contributed by atoms with van der Waals surface area (Å²) in [6, 6.07) is 54.4. The zero-order valence-corrected chi connectivity index (χ0v) is 64.2. The molecule has 0 N–H and O–H groups in total. The van der Waals surface area contributed by atoms with E-state index in [0.29, 0.717) is 10.0 Å². The lowest BCUT2D eigenvalue weighted by Gasteiger charge is -2.19. The fourth-order valence-corrected chi connectivity index (χ4v) is 8.57. The topological polar surface area (TPSA) is 25.8 Å². The van der Waals surface area contributed by atoms with E-state index in [1.54, 1.807) is 19.1 Å². The van der Waals surface area contributed by atoms with Crippen molar-refractivity contribution in [2.75, 3.05) is 0 Å². The molecule has 0 aliphatic carbocycles. The molecule has 0 radical (unpaired) electrons. The van der Waals surface area contributed by atoms with E-state index < -0.39 is 0 Å². The van der Waals surface area contributed by atoms with E-state index in [-0.39, 0.29) is 22.5 Å². The van der Waals surface area contributed by atoms with Crippen molar-refractivity contribution >= 4 is 23.2 Å². The molecule has 2 aromatic heterocycles. The lowest BCUT2D eigenvalue weighted by molar-refractivity contribution is 0.589. The summed E-state index contributed by atoms with van der Waals surface area (Å²) in [4.78, 5) is 8.02. The van der Waals surface area contributed by atoms with Crippen molar-refractivity contribution in [2.24, 2.45) is 0 Å². The van der Waals surface area contributed by atoms with Crippen LogP contribution < -0.4 is 0 Å². The van der Waals surface area contributed by atoms with Crippen molar-refractivity contribution in [1.29, 1.82) is 0 Å². The highest BCUT2D eigenvalue weighted by molar-refractivity contribution is 6.42. The fourth-order valence-electron chi connectivity index (χ4n) is 8.13. The van der Waals surface area contributed by atoms with E-state index in [4.69, 9.17) is 23.2 Å². The molecule has 10 aromatic rings. The maximum absolute atomic E-state index is 12.6. The van der Waals surface area contributed by atoms with Gasteiger partial charge in [0.1, 0.15) is 11.6 Å². The van der Waals surface area contributed by atoms with E-state index in [9.17, 15) is 8.78 Å². The number of aromatic nitrogens is 2.